The standard InChI is InChI=1S/C27H29ClFN3O4S/c1-4-30-27(34)20(3)31(17-21-7-5-6-8-25(21)28)26(33)18-32(23-13-9-19(2)10-14-23)37(35,36)24-15-11-22(29)12-16-24/h5-16,20H,4,17-18H2,1-3H3,(H,30,34)/t20-/m1/s1. The first-order valence-corrected chi connectivity index (χ1v) is 13.5. The Labute approximate surface area is 221 Å². The maximum atomic E-state index is 13.7. The molecule has 3 aromatic carbocycles. The Bertz CT molecular complexity index is 1350. The molecular weight excluding hydrogens is 517 g/mol. The van der Waals surface area contributed by atoms with Crippen molar-refractivity contribution in [3.05, 3.63) is 94.8 Å². The van der Waals surface area contributed by atoms with Crippen molar-refractivity contribution in [1.82, 2.24) is 10.2 Å². The lowest BCUT2D eigenvalue weighted by Crippen LogP contribution is -2.51. The van der Waals surface area contributed by atoms with E-state index in [1.165, 1.54) is 4.90 Å². The van der Waals surface area contributed by atoms with Gasteiger partial charge in [0.25, 0.3) is 10.0 Å². The maximum Gasteiger partial charge on any atom is 0.264 e. The molecule has 0 aliphatic rings. The van der Waals surface area contributed by atoms with Gasteiger partial charge in [0.1, 0.15) is 18.4 Å². The van der Waals surface area contributed by atoms with Crippen LogP contribution in [0.4, 0.5) is 10.1 Å². The lowest BCUT2D eigenvalue weighted by molar-refractivity contribution is -0.139. The van der Waals surface area contributed by atoms with Crippen molar-refractivity contribution in [3.63, 3.8) is 0 Å². The highest BCUT2D eigenvalue weighted by Gasteiger charge is 2.32. The maximum absolute atomic E-state index is 13.7. The Balaban J connectivity index is 2.03. The molecule has 1 atom stereocenters. The summed E-state index contributed by atoms with van der Waals surface area (Å²) in [5.41, 5.74) is 1.77. The molecule has 0 heterocycles. The highest BCUT2D eigenvalue weighted by atomic mass is 35.5. The van der Waals surface area contributed by atoms with Crippen molar-refractivity contribution >= 4 is 39.1 Å². The molecule has 2 amide bonds. The molecule has 0 aliphatic heterocycles. The molecule has 0 bridgehead atoms. The van der Waals surface area contributed by atoms with E-state index in [2.05, 4.69) is 5.32 Å². The van der Waals surface area contributed by atoms with Crippen molar-refractivity contribution in [1.29, 1.82) is 0 Å². The highest BCUT2D eigenvalue weighted by molar-refractivity contribution is 7.92. The number of carbonyl (C=O) groups excluding carboxylic acids is 2. The smallest absolute Gasteiger partial charge is 0.264 e. The topological polar surface area (TPSA) is 86.8 Å². The number of anilines is 1. The molecule has 0 saturated heterocycles. The summed E-state index contributed by atoms with van der Waals surface area (Å²) < 4.78 is 41.7. The second-order valence-electron chi connectivity index (χ2n) is 8.48. The first-order valence-electron chi connectivity index (χ1n) is 11.7. The zero-order chi connectivity index (χ0) is 27.2. The zero-order valence-electron chi connectivity index (χ0n) is 20.8. The number of benzene rings is 3. The van der Waals surface area contributed by atoms with Gasteiger partial charge in [-0.2, -0.15) is 0 Å². The third-order valence-electron chi connectivity index (χ3n) is 5.82. The van der Waals surface area contributed by atoms with E-state index in [-0.39, 0.29) is 23.0 Å². The zero-order valence-corrected chi connectivity index (χ0v) is 22.4. The van der Waals surface area contributed by atoms with Crippen LogP contribution in [0, 0.1) is 12.7 Å². The molecule has 0 radical (unpaired) electrons. The SMILES string of the molecule is CCNC(=O)[C@@H](C)N(Cc1ccccc1Cl)C(=O)CN(c1ccc(C)cc1)S(=O)(=O)c1ccc(F)cc1. The van der Waals surface area contributed by atoms with Crippen LogP contribution in [0.15, 0.2) is 77.7 Å². The molecule has 0 aromatic heterocycles. The Morgan fingerprint density at radius 2 is 1.62 bits per heavy atom. The van der Waals surface area contributed by atoms with Crippen molar-refractivity contribution in [3.8, 4) is 0 Å². The quantitative estimate of drug-likeness (QED) is 0.405. The second kappa shape index (κ2) is 12.2. The number of nitrogens with zero attached hydrogens (tertiary/aromatic N) is 2. The summed E-state index contributed by atoms with van der Waals surface area (Å²) in [6.45, 7) is 4.97. The molecule has 10 heteroatoms. The lowest BCUT2D eigenvalue weighted by Gasteiger charge is -2.32. The van der Waals surface area contributed by atoms with Gasteiger partial charge in [0, 0.05) is 18.1 Å². The van der Waals surface area contributed by atoms with Gasteiger partial charge < -0.3 is 10.2 Å². The molecule has 3 aromatic rings. The van der Waals surface area contributed by atoms with Gasteiger partial charge >= 0.3 is 0 Å². The number of hydrogen-bond acceptors (Lipinski definition) is 4. The van der Waals surface area contributed by atoms with E-state index in [9.17, 15) is 22.4 Å². The average Bonchev–Trinajstić information content (AvgIpc) is 2.87. The summed E-state index contributed by atoms with van der Waals surface area (Å²) in [6, 6.07) is 17.0. The molecule has 37 heavy (non-hydrogen) atoms. The van der Waals surface area contributed by atoms with E-state index >= 15 is 0 Å². The van der Waals surface area contributed by atoms with Gasteiger partial charge in [0.05, 0.1) is 10.6 Å². The van der Waals surface area contributed by atoms with Crippen molar-refractivity contribution < 1.29 is 22.4 Å². The fourth-order valence-electron chi connectivity index (χ4n) is 3.69. The number of hydrogen-bond donors (Lipinski definition) is 1. The third-order valence-corrected chi connectivity index (χ3v) is 7.98. The van der Waals surface area contributed by atoms with E-state index < -0.39 is 34.3 Å². The second-order valence-corrected chi connectivity index (χ2v) is 10.8. The minimum atomic E-state index is -4.26. The fraction of sp³-hybridized carbons (Fsp3) is 0.259. The van der Waals surface area contributed by atoms with Crippen molar-refractivity contribution in [2.24, 2.45) is 0 Å². The summed E-state index contributed by atoms with van der Waals surface area (Å²) in [6.07, 6.45) is 0. The number of carbonyl (C=O) groups is 2. The molecule has 0 spiro atoms. The normalized spacial score (nSPS) is 12.0. The number of nitrogens with one attached hydrogen (secondary N) is 1. The van der Waals surface area contributed by atoms with Gasteiger partial charge in [-0.1, -0.05) is 47.5 Å². The van der Waals surface area contributed by atoms with Gasteiger partial charge in [-0.25, -0.2) is 12.8 Å². The van der Waals surface area contributed by atoms with E-state index in [1.54, 1.807) is 62.4 Å². The Hall–Kier alpha value is -3.43. The first-order chi connectivity index (χ1) is 17.5. The minimum Gasteiger partial charge on any atom is -0.355 e. The lowest BCUT2D eigenvalue weighted by atomic mass is 10.1. The van der Waals surface area contributed by atoms with E-state index in [1.807, 2.05) is 6.92 Å². The van der Waals surface area contributed by atoms with Crippen LogP contribution in [0.3, 0.4) is 0 Å². The molecule has 0 saturated carbocycles. The summed E-state index contributed by atoms with van der Waals surface area (Å²) >= 11 is 6.32. The van der Waals surface area contributed by atoms with Crippen LogP contribution in [0.2, 0.25) is 5.02 Å². The fourth-order valence-corrected chi connectivity index (χ4v) is 5.30. The molecule has 0 aliphatic carbocycles. The van der Waals surface area contributed by atoms with Crippen LogP contribution >= 0.6 is 11.6 Å². The average molecular weight is 546 g/mol. The molecule has 3 rings (SSSR count). The minimum absolute atomic E-state index is 0.00482. The Morgan fingerprint density at radius 1 is 1.00 bits per heavy atom. The van der Waals surface area contributed by atoms with Crippen molar-refractivity contribution in [2.75, 3.05) is 17.4 Å². The van der Waals surface area contributed by atoms with Crippen LogP contribution in [0.25, 0.3) is 0 Å². The predicted molar refractivity (Wildman–Crippen MR) is 142 cm³/mol. The number of halogens is 2. The van der Waals surface area contributed by atoms with Crippen LogP contribution in [-0.2, 0) is 26.2 Å². The highest BCUT2D eigenvalue weighted by Crippen LogP contribution is 2.26. The number of likely N-dealkylation sites (N-methyl/N-ethyl adjacent to an activating group) is 1. The first kappa shape index (κ1) is 28.1. The molecule has 7 nitrogen and oxygen atoms in total. The monoisotopic (exact) mass is 545 g/mol. The summed E-state index contributed by atoms with van der Waals surface area (Å²) in [5, 5.41) is 3.12. The van der Waals surface area contributed by atoms with Gasteiger partial charge in [-0.3, -0.25) is 13.9 Å². The van der Waals surface area contributed by atoms with Crippen LogP contribution < -0.4 is 9.62 Å². The molecule has 0 unspecified atom stereocenters. The Kier molecular flexibility index (Phi) is 9.29. The number of aryl methyl sites for hydroxylation is 1. The molecule has 1 N–H and O–H groups in total. The Morgan fingerprint density at radius 3 is 2.22 bits per heavy atom. The number of sulfonamides is 1. The van der Waals surface area contributed by atoms with Gasteiger partial charge in [-0.05, 0) is 68.8 Å². The predicted octanol–water partition coefficient (Wildman–Crippen LogP) is 4.54. The van der Waals surface area contributed by atoms with Gasteiger partial charge in [0.15, 0.2) is 0 Å². The van der Waals surface area contributed by atoms with E-state index in [0.29, 0.717) is 17.1 Å². The van der Waals surface area contributed by atoms with Crippen LogP contribution in [0.1, 0.15) is 25.0 Å². The number of rotatable bonds is 10. The number of amides is 2. The van der Waals surface area contributed by atoms with E-state index in [4.69, 9.17) is 11.6 Å². The summed E-state index contributed by atoms with van der Waals surface area (Å²) in [5.74, 6) is -1.57. The van der Waals surface area contributed by atoms with E-state index in [0.717, 1.165) is 34.1 Å². The van der Waals surface area contributed by atoms with Crippen LogP contribution in [-0.4, -0.2) is 44.3 Å². The van der Waals surface area contributed by atoms with Crippen molar-refractivity contribution in [2.45, 2.75) is 38.3 Å². The summed E-state index contributed by atoms with van der Waals surface area (Å²) in [7, 11) is -4.26. The summed E-state index contributed by atoms with van der Waals surface area (Å²) in [4.78, 5) is 27.6. The van der Waals surface area contributed by atoms with Crippen LogP contribution in [0.5, 0.6) is 0 Å². The van der Waals surface area contributed by atoms with Gasteiger partial charge in [0.2, 0.25) is 11.8 Å². The third kappa shape index (κ3) is 6.87. The molecule has 0 fully saturated rings. The van der Waals surface area contributed by atoms with Gasteiger partial charge in [-0.15, -0.1) is 0 Å². The molecular formula is C27H29ClFN3O4S. The largest absolute Gasteiger partial charge is 0.355 e. The molecule has 196 valence electrons.